The molecule has 1 aliphatic rings. The molecule has 1 rings (SSSR count). The fourth-order valence-corrected chi connectivity index (χ4v) is 2.99. The molecule has 1 fully saturated rings. The zero-order chi connectivity index (χ0) is 7.61. The molecule has 1 unspecified atom stereocenters. The maximum Gasteiger partial charge on any atom is 0.247 e. The number of carbonyl (C=O) groups is 1. The van der Waals surface area contributed by atoms with Gasteiger partial charge in [-0.15, -0.1) is 5.16 Å². The van der Waals surface area contributed by atoms with Gasteiger partial charge in [-0.3, -0.25) is 4.79 Å². The highest BCUT2D eigenvalue weighted by Crippen LogP contribution is 2.40. The Bertz CT molecular complexity index is 182. The van der Waals surface area contributed by atoms with Crippen LogP contribution in [0.2, 0.25) is 0 Å². The molecule has 0 aromatic rings. The second-order valence-corrected chi connectivity index (χ2v) is 4.91. The molecule has 3 nitrogen and oxygen atoms in total. The zero-order valence-corrected chi connectivity index (χ0v) is 7.04. The van der Waals surface area contributed by atoms with Gasteiger partial charge in [0.15, 0.2) is 0 Å². The molecule has 1 atom stereocenters. The Morgan fingerprint density at radius 2 is 2.60 bits per heavy atom. The number of carbonyl (C=O) groups excluding carboxylic acids is 1. The van der Waals surface area contributed by atoms with E-state index in [0.717, 1.165) is 0 Å². The molecule has 0 saturated carbocycles. The molecular formula is C5H7NO2S2. The van der Waals surface area contributed by atoms with Crippen LogP contribution in [0.3, 0.4) is 0 Å². The van der Waals surface area contributed by atoms with E-state index in [4.69, 9.17) is 5.21 Å². The number of hydrogen-bond acceptors (Lipinski definition) is 5. The molecule has 1 heterocycles. The van der Waals surface area contributed by atoms with Crippen LogP contribution in [0.15, 0.2) is 5.16 Å². The SMILES string of the molecule is CC1(/C=N/O)CSC(=O)S1. The van der Waals surface area contributed by atoms with E-state index in [1.807, 2.05) is 6.92 Å². The molecule has 0 aromatic heterocycles. The Kier molecular flexibility index (Phi) is 2.25. The molecular weight excluding hydrogens is 170 g/mol. The number of hydrogen-bond donors (Lipinski definition) is 1. The summed E-state index contributed by atoms with van der Waals surface area (Å²) in [4.78, 5) is 10.7. The lowest BCUT2D eigenvalue weighted by molar-refractivity contribution is 0.277. The standard InChI is InChI=1S/C5H7NO2S2/c1-5(2-6-8)3-9-4(7)10-5/h2,8H,3H2,1H3/b6-2+. The summed E-state index contributed by atoms with van der Waals surface area (Å²) in [6, 6.07) is 0. The minimum absolute atomic E-state index is 0.0994. The molecule has 5 heteroatoms. The molecule has 1 N–H and O–H groups in total. The highest BCUT2D eigenvalue weighted by molar-refractivity contribution is 8.42. The lowest BCUT2D eigenvalue weighted by Gasteiger charge is -2.10. The van der Waals surface area contributed by atoms with E-state index in [1.54, 1.807) is 0 Å². The smallest absolute Gasteiger partial charge is 0.247 e. The number of nitrogens with zero attached hydrogens (tertiary/aromatic N) is 1. The first-order chi connectivity index (χ1) is 4.66. The van der Waals surface area contributed by atoms with Crippen LogP contribution in [-0.4, -0.2) is 26.4 Å². The van der Waals surface area contributed by atoms with Crippen molar-refractivity contribution in [3.63, 3.8) is 0 Å². The summed E-state index contributed by atoms with van der Waals surface area (Å²) >= 11 is 2.47. The van der Waals surface area contributed by atoms with Gasteiger partial charge in [0, 0.05) is 5.75 Å². The summed E-state index contributed by atoms with van der Waals surface area (Å²) in [5.41, 5.74) is 0. The minimum Gasteiger partial charge on any atom is -0.411 e. The lowest BCUT2D eigenvalue weighted by atomic mass is 10.2. The van der Waals surface area contributed by atoms with Crippen LogP contribution < -0.4 is 0 Å². The van der Waals surface area contributed by atoms with Crippen LogP contribution in [0.1, 0.15) is 6.92 Å². The predicted octanol–water partition coefficient (Wildman–Crippen LogP) is 1.81. The first-order valence-corrected chi connectivity index (χ1v) is 4.51. The molecule has 0 spiro atoms. The van der Waals surface area contributed by atoms with Crippen molar-refractivity contribution in [1.82, 2.24) is 0 Å². The van der Waals surface area contributed by atoms with E-state index < -0.39 is 0 Å². The van der Waals surface area contributed by atoms with E-state index in [1.165, 1.54) is 29.7 Å². The second kappa shape index (κ2) is 2.84. The molecule has 0 radical (unpaired) electrons. The highest BCUT2D eigenvalue weighted by Gasteiger charge is 2.34. The van der Waals surface area contributed by atoms with Gasteiger partial charge in [-0.05, 0) is 6.92 Å². The first kappa shape index (κ1) is 7.94. The quantitative estimate of drug-likeness (QED) is 0.377. The molecule has 0 amide bonds. The summed E-state index contributed by atoms with van der Waals surface area (Å²) in [6.45, 7) is 1.87. The third-order valence-corrected chi connectivity index (χ3v) is 3.77. The zero-order valence-electron chi connectivity index (χ0n) is 5.40. The highest BCUT2D eigenvalue weighted by atomic mass is 32.2. The van der Waals surface area contributed by atoms with Crippen LogP contribution in [0.5, 0.6) is 0 Å². The summed E-state index contributed by atoms with van der Waals surface area (Å²) in [7, 11) is 0. The van der Waals surface area contributed by atoms with E-state index in [0.29, 0.717) is 5.75 Å². The van der Waals surface area contributed by atoms with Gasteiger partial charge in [0.25, 0.3) is 0 Å². The van der Waals surface area contributed by atoms with Crippen LogP contribution >= 0.6 is 23.5 Å². The van der Waals surface area contributed by atoms with Gasteiger partial charge in [0.05, 0.1) is 11.0 Å². The van der Waals surface area contributed by atoms with Gasteiger partial charge in [-0.25, -0.2) is 0 Å². The lowest BCUT2D eigenvalue weighted by Crippen LogP contribution is -2.21. The Morgan fingerprint density at radius 3 is 3.00 bits per heavy atom. The van der Waals surface area contributed by atoms with Crippen molar-refractivity contribution in [1.29, 1.82) is 0 Å². The largest absolute Gasteiger partial charge is 0.411 e. The summed E-state index contributed by atoms with van der Waals surface area (Å²) in [5.74, 6) is 0.695. The minimum atomic E-state index is -0.295. The second-order valence-electron chi connectivity index (χ2n) is 2.20. The van der Waals surface area contributed by atoms with Crippen LogP contribution in [0.4, 0.5) is 4.79 Å². The van der Waals surface area contributed by atoms with Crippen molar-refractivity contribution in [2.75, 3.05) is 5.75 Å². The average molecular weight is 177 g/mol. The van der Waals surface area contributed by atoms with Crippen molar-refractivity contribution in [3.8, 4) is 0 Å². The molecule has 0 aromatic carbocycles. The van der Waals surface area contributed by atoms with Gasteiger partial charge in [-0.2, -0.15) is 0 Å². The van der Waals surface area contributed by atoms with Gasteiger partial charge < -0.3 is 5.21 Å². The number of oxime groups is 1. The van der Waals surface area contributed by atoms with Crippen molar-refractivity contribution in [2.45, 2.75) is 11.7 Å². The molecule has 1 aliphatic heterocycles. The van der Waals surface area contributed by atoms with Crippen LogP contribution in [0.25, 0.3) is 0 Å². The summed E-state index contributed by atoms with van der Waals surface area (Å²) in [5, 5.41) is 11.1. The normalized spacial score (nSPS) is 33.9. The molecule has 0 aliphatic carbocycles. The average Bonchev–Trinajstić information content (AvgIpc) is 2.12. The fourth-order valence-electron chi connectivity index (χ4n) is 0.637. The molecule has 1 saturated heterocycles. The number of rotatable bonds is 1. The fraction of sp³-hybridized carbons (Fsp3) is 0.600. The summed E-state index contributed by atoms with van der Waals surface area (Å²) in [6.07, 6.45) is 1.40. The van der Waals surface area contributed by atoms with Crippen LogP contribution in [-0.2, 0) is 0 Å². The van der Waals surface area contributed by atoms with Crippen LogP contribution in [0, 0.1) is 0 Å². The van der Waals surface area contributed by atoms with E-state index in [-0.39, 0.29) is 9.19 Å². The van der Waals surface area contributed by atoms with Crippen molar-refractivity contribution in [2.24, 2.45) is 5.16 Å². The maximum atomic E-state index is 10.7. The Balaban J connectivity index is 2.63. The first-order valence-electron chi connectivity index (χ1n) is 2.71. The van der Waals surface area contributed by atoms with Crippen molar-refractivity contribution < 1.29 is 10.0 Å². The van der Waals surface area contributed by atoms with Gasteiger partial charge >= 0.3 is 0 Å². The third-order valence-electron chi connectivity index (χ3n) is 1.12. The Labute approximate surface area is 67.2 Å². The van der Waals surface area contributed by atoms with Crippen molar-refractivity contribution >= 4 is 34.2 Å². The third kappa shape index (κ3) is 1.67. The summed E-state index contributed by atoms with van der Waals surface area (Å²) < 4.78 is -0.196. The molecule has 0 bridgehead atoms. The predicted molar refractivity (Wildman–Crippen MR) is 44.1 cm³/mol. The monoisotopic (exact) mass is 177 g/mol. The van der Waals surface area contributed by atoms with Gasteiger partial charge in [0.1, 0.15) is 0 Å². The Morgan fingerprint density at radius 1 is 1.90 bits per heavy atom. The topological polar surface area (TPSA) is 49.7 Å². The van der Waals surface area contributed by atoms with E-state index in [9.17, 15) is 4.79 Å². The Hall–Kier alpha value is -0.160. The van der Waals surface area contributed by atoms with Gasteiger partial charge in [0.2, 0.25) is 4.45 Å². The maximum absolute atomic E-state index is 10.7. The molecule has 10 heavy (non-hydrogen) atoms. The van der Waals surface area contributed by atoms with E-state index in [2.05, 4.69) is 5.16 Å². The van der Waals surface area contributed by atoms with E-state index >= 15 is 0 Å². The number of thioether (sulfide) groups is 2. The van der Waals surface area contributed by atoms with Crippen molar-refractivity contribution in [3.05, 3.63) is 0 Å². The van der Waals surface area contributed by atoms with Gasteiger partial charge in [-0.1, -0.05) is 23.5 Å². The molecule has 56 valence electrons.